The highest BCUT2D eigenvalue weighted by atomic mass is 35.5. The maximum Gasteiger partial charge on any atom is 0.417 e. The van der Waals surface area contributed by atoms with Crippen molar-refractivity contribution in [3.05, 3.63) is 65.5 Å². The molecule has 2 heterocycles. The van der Waals surface area contributed by atoms with Crippen molar-refractivity contribution < 1.29 is 17.9 Å². The molecule has 0 amide bonds. The Hall–Kier alpha value is -3.33. The third-order valence-electron chi connectivity index (χ3n) is 4.70. The number of halogens is 4. The van der Waals surface area contributed by atoms with Crippen LogP contribution < -0.4 is 10.5 Å². The third kappa shape index (κ3) is 4.56. The van der Waals surface area contributed by atoms with Crippen LogP contribution in [-0.2, 0) is 6.18 Å². The van der Waals surface area contributed by atoms with E-state index in [2.05, 4.69) is 26.0 Å². The number of H-pyrrole nitrogens is 1. The molecule has 3 N–H and O–H groups in total. The van der Waals surface area contributed by atoms with Gasteiger partial charge in [0.05, 0.1) is 22.9 Å². The molecule has 1 atom stereocenters. The molecule has 1 aliphatic rings. The van der Waals surface area contributed by atoms with Crippen molar-refractivity contribution >= 4 is 17.4 Å². The first-order valence-electron chi connectivity index (χ1n) is 9.33. The van der Waals surface area contributed by atoms with Gasteiger partial charge in [0.25, 0.3) is 0 Å². The Kier molecular flexibility index (Phi) is 5.69. The number of ether oxygens (including phenoxy) is 1. The number of benzene rings is 1. The highest BCUT2D eigenvalue weighted by Gasteiger charge is 2.35. The van der Waals surface area contributed by atoms with Gasteiger partial charge in [0.2, 0.25) is 0 Å². The molecule has 3 aromatic rings. The average molecular weight is 448 g/mol. The number of nitrogens with two attached hydrogens (primary N) is 1. The second-order valence-electron chi connectivity index (χ2n) is 6.88. The van der Waals surface area contributed by atoms with Crippen LogP contribution in [0.1, 0.15) is 12.0 Å². The summed E-state index contributed by atoms with van der Waals surface area (Å²) in [5, 5.41) is -0.0956. The van der Waals surface area contributed by atoms with Gasteiger partial charge in [-0.05, 0) is 18.6 Å². The maximum absolute atomic E-state index is 13.4. The Bertz CT molecular complexity index is 1140. The van der Waals surface area contributed by atoms with E-state index in [1.807, 2.05) is 18.2 Å². The lowest BCUT2D eigenvalue weighted by molar-refractivity contribution is -0.137. The summed E-state index contributed by atoms with van der Waals surface area (Å²) in [6.45, 7) is 0.434. The van der Waals surface area contributed by atoms with Crippen molar-refractivity contribution in [3.63, 3.8) is 0 Å². The van der Waals surface area contributed by atoms with Crippen molar-refractivity contribution in [3.8, 4) is 28.7 Å². The van der Waals surface area contributed by atoms with Gasteiger partial charge < -0.3 is 15.5 Å². The second kappa shape index (κ2) is 8.43. The first-order chi connectivity index (χ1) is 14.8. The van der Waals surface area contributed by atoms with Gasteiger partial charge >= 0.3 is 12.2 Å². The summed E-state index contributed by atoms with van der Waals surface area (Å²) in [6.07, 6.45) is 7.24. The topological polar surface area (TPSA) is 89.7 Å². The van der Waals surface area contributed by atoms with E-state index in [0.717, 1.165) is 12.5 Å². The summed E-state index contributed by atoms with van der Waals surface area (Å²) in [4.78, 5) is 15.2. The molecule has 0 saturated heterocycles. The van der Waals surface area contributed by atoms with Crippen molar-refractivity contribution in [2.45, 2.75) is 12.6 Å². The molecular formula is C21H17ClF3N5O. The van der Waals surface area contributed by atoms with Crippen LogP contribution in [0, 0.1) is 5.92 Å². The average Bonchev–Trinajstić information content (AvgIpc) is 3.13. The summed E-state index contributed by atoms with van der Waals surface area (Å²) < 4.78 is 45.9. The molecule has 0 saturated carbocycles. The fourth-order valence-corrected chi connectivity index (χ4v) is 3.45. The van der Waals surface area contributed by atoms with Crippen molar-refractivity contribution in [2.24, 2.45) is 5.92 Å². The second-order valence-corrected chi connectivity index (χ2v) is 7.29. The standard InChI is InChI=1S/C21H17ClF3N5O/c22-15-8-4-7-14(21(23,24)25)16(15)19-29-17(18(26)30-19)13-9-27-20(28-10-13)31-11-12-5-2-1-3-6-12/h1-5,7-10,12H,6,11,26H2,(H,29,30). The number of nitrogen functional groups attached to an aromatic ring is 1. The third-order valence-corrected chi connectivity index (χ3v) is 5.02. The van der Waals surface area contributed by atoms with E-state index >= 15 is 0 Å². The molecular weight excluding hydrogens is 431 g/mol. The van der Waals surface area contributed by atoms with Gasteiger partial charge in [0.1, 0.15) is 11.6 Å². The minimum absolute atomic E-state index is 0.000516. The lowest BCUT2D eigenvalue weighted by atomic mass is 10.0. The smallest absolute Gasteiger partial charge is 0.417 e. The van der Waals surface area contributed by atoms with Crippen LogP contribution in [0.15, 0.2) is 54.9 Å². The van der Waals surface area contributed by atoms with E-state index in [0.29, 0.717) is 12.2 Å². The molecule has 160 valence electrons. The summed E-state index contributed by atoms with van der Waals surface area (Å²) >= 11 is 6.05. The molecule has 2 aromatic heterocycles. The van der Waals surface area contributed by atoms with E-state index in [1.165, 1.54) is 24.5 Å². The number of anilines is 1. The van der Waals surface area contributed by atoms with E-state index in [4.69, 9.17) is 22.1 Å². The lowest BCUT2D eigenvalue weighted by Gasteiger charge is -2.13. The van der Waals surface area contributed by atoms with E-state index in [1.54, 1.807) is 0 Å². The van der Waals surface area contributed by atoms with Gasteiger partial charge in [-0.3, -0.25) is 0 Å². The zero-order valence-corrected chi connectivity index (χ0v) is 16.8. The molecule has 0 spiro atoms. The molecule has 1 aliphatic carbocycles. The molecule has 1 unspecified atom stereocenters. The molecule has 0 aliphatic heterocycles. The number of hydrogen-bond acceptors (Lipinski definition) is 5. The Morgan fingerprint density at radius 3 is 2.65 bits per heavy atom. The van der Waals surface area contributed by atoms with Gasteiger partial charge in [0, 0.05) is 29.4 Å². The molecule has 0 bridgehead atoms. The predicted molar refractivity (Wildman–Crippen MR) is 111 cm³/mol. The summed E-state index contributed by atoms with van der Waals surface area (Å²) in [7, 11) is 0. The minimum atomic E-state index is -4.60. The minimum Gasteiger partial charge on any atom is -0.463 e. The Morgan fingerprint density at radius 1 is 1.19 bits per heavy atom. The Labute approximate surface area is 180 Å². The normalized spacial score (nSPS) is 15.9. The molecule has 0 radical (unpaired) electrons. The van der Waals surface area contributed by atoms with Crippen LogP contribution in [0.4, 0.5) is 19.0 Å². The van der Waals surface area contributed by atoms with E-state index < -0.39 is 11.7 Å². The molecule has 4 rings (SSSR count). The number of imidazole rings is 1. The number of alkyl halides is 3. The molecule has 0 fully saturated rings. The Morgan fingerprint density at radius 2 is 1.97 bits per heavy atom. The number of aromatic amines is 1. The SMILES string of the molecule is Nc1nc(-c2c(Cl)cccc2C(F)(F)F)[nH]c1-c1cnc(OCC2C=CC=CC2)nc1. The van der Waals surface area contributed by atoms with Gasteiger partial charge in [-0.2, -0.15) is 13.2 Å². The summed E-state index contributed by atoms with van der Waals surface area (Å²) in [5.41, 5.74) is 5.50. The number of hydrogen-bond donors (Lipinski definition) is 2. The number of nitrogens with one attached hydrogen (secondary N) is 1. The quantitative estimate of drug-likeness (QED) is 0.554. The fraction of sp³-hybridized carbons (Fsp3) is 0.190. The van der Waals surface area contributed by atoms with Crippen LogP contribution in [0.25, 0.3) is 22.6 Å². The van der Waals surface area contributed by atoms with Gasteiger partial charge in [-0.25, -0.2) is 15.0 Å². The number of nitrogens with zero attached hydrogens (tertiary/aromatic N) is 3. The molecule has 6 nitrogen and oxygen atoms in total. The van der Waals surface area contributed by atoms with Crippen LogP contribution >= 0.6 is 11.6 Å². The van der Waals surface area contributed by atoms with Crippen LogP contribution in [0.5, 0.6) is 6.01 Å². The Balaban J connectivity index is 1.57. The summed E-state index contributed by atoms with van der Waals surface area (Å²) in [6, 6.07) is 3.72. The molecule has 1 aromatic carbocycles. The number of allylic oxidation sites excluding steroid dienone is 3. The zero-order valence-electron chi connectivity index (χ0n) is 16.0. The van der Waals surface area contributed by atoms with E-state index in [-0.39, 0.29) is 39.9 Å². The molecule has 10 heteroatoms. The maximum atomic E-state index is 13.4. The fourth-order valence-electron chi connectivity index (χ4n) is 3.18. The van der Waals surface area contributed by atoms with E-state index in [9.17, 15) is 13.2 Å². The van der Waals surface area contributed by atoms with Crippen molar-refractivity contribution in [1.29, 1.82) is 0 Å². The van der Waals surface area contributed by atoms with Crippen LogP contribution in [0.3, 0.4) is 0 Å². The first-order valence-corrected chi connectivity index (χ1v) is 9.71. The first kappa shape index (κ1) is 20.9. The van der Waals surface area contributed by atoms with Crippen molar-refractivity contribution in [2.75, 3.05) is 12.3 Å². The van der Waals surface area contributed by atoms with Crippen molar-refractivity contribution in [1.82, 2.24) is 19.9 Å². The largest absolute Gasteiger partial charge is 0.463 e. The van der Waals surface area contributed by atoms with Crippen LogP contribution in [0.2, 0.25) is 5.02 Å². The number of aromatic nitrogens is 4. The van der Waals surface area contributed by atoms with Gasteiger partial charge in [0.15, 0.2) is 0 Å². The molecule has 31 heavy (non-hydrogen) atoms. The highest BCUT2D eigenvalue weighted by molar-refractivity contribution is 6.33. The number of rotatable bonds is 5. The summed E-state index contributed by atoms with van der Waals surface area (Å²) in [5.74, 6) is 0.153. The monoisotopic (exact) mass is 447 g/mol. The van der Waals surface area contributed by atoms with Crippen LogP contribution in [-0.4, -0.2) is 26.5 Å². The lowest BCUT2D eigenvalue weighted by Crippen LogP contribution is -2.11. The predicted octanol–water partition coefficient (Wildman–Crippen LogP) is 5.30. The zero-order chi connectivity index (χ0) is 22.0. The van der Waals surface area contributed by atoms with Gasteiger partial charge in [-0.1, -0.05) is 42.0 Å². The highest BCUT2D eigenvalue weighted by Crippen LogP contribution is 2.41. The van der Waals surface area contributed by atoms with Gasteiger partial charge in [-0.15, -0.1) is 0 Å².